The number of hydrogen-bond acceptors (Lipinski definition) is 4. The van der Waals surface area contributed by atoms with Crippen molar-refractivity contribution < 1.29 is 14.3 Å². The molecule has 1 saturated heterocycles. The van der Waals surface area contributed by atoms with Gasteiger partial charge < -0.3 is 15.0 Å². The molecule has 1 fully saturated rings. The van der Waals surface area contributed by atoms with Crippen molar-refractivity contribution in [3.8, 4) is 11.5 Å². The van der Waals surface area contributed by atoms with Gasteiger partial charge in [-0.3, -0.25) is 9.59 Å². The van der Waals surface area contributed by atoms with Gasteiger partial charge in [0.1, 0.15) is 5.75 Å². The fourth-order valence-electron chi connectivity index (χ4n) is 3.47. The Bertz CT molecular complexity index is 1040. The summed E-state index contributed by atoms with van der Waals surface area (Å²) < 4.78 is 5.93. The van der Waals surface area contributed by atoms with Gasteiger partial charge in [-0.05, 0) is 48.6 Å². The van der Waals surface area contributed by atoms with E-state index in [0.29, 0.717) is 40.2 Å². The summed E-state index contributed by atoms with van der Waals surface area (Å²) in [7, 11) is 0. The monoisotopic (exact) mass is 440 g/mol. The first kappa shape index (κ1) is 20.4. The van der Waals surface area contributed by atoms with Crippen LogP contribution in [0.25, 0.3) is 0 Å². The molecule has 1 unspecified atom stereocenters. The molecule has 0 aliphatic carbocycles. The molecule has 2 aromatic carbocycles. The molecule has 0 saturated carbocycles. The second-order valence-corrected chi connectivity index (χ2v) is 8.44. The lowest BCUT2D eigenvalue weighted by Crippen LogP contribution is -2.43. The summed E-state index contributed by atoms with van der Waals surface area (Å²) in [5, 5.41) is 5.35. The van der Waals surface area contributed by atoms with Crippen molar-refractivity contribution in [3.05, 3.63) is 75.9 Å². The van der Waals surface area contributed by atoms with Gasteiger partial charge in [0, 0.05) is 13.1 Å². The van der Waals surface area contributed by atoms with E-state index in [1.54, 1.807) is 29.2 Å². The van der Waals surface area contributed by atoms with Gasteiger partial charge in [-0.2, -0.15) is 0 Å². The van der Waals surface area contributed by atoms with Crippen LogP contribution in [0.3, 0.4) is 0 Å². The van der Waals surface area contributed by atoms with Crippen molar-refractivity contribution in [1.29, 1.82) is 0 Å². The standard InChI is InChI=1S/C23H21ClN2O3S/c24-17-8-1-3-10-19(17)29-20-11-4-2-9-18(20)25-22(27)16-7-5-13-26(15-16)23(28)21-12-6-14-30-21/h1-4,6,8-12,14,16H,5,7,13,15H2,(H,25,27). The SMILES string of the molecule is O=C(Nc1ccccc1Oc1ccccc1Cl)C1CCCN(C(=O)c2cccs2)C1. The van der Waals surface area contributed by atoms with Gasteiger partial charge in [-0.1, -0.05) is 41.9 Å². The van der Waals surface area contributed by atoms with Crippen molar-refractivity contribution >= 4 is 40.4 Å². The number of nitrogens with one attached hydrogen (secondary N) is 1. The zero-order valence-corrected chi connectivity index (χ0v) is 17.8. The van der Waals surface area contributed by atoms with Gasteiger partial charge in [0.2, 0.25) is 5.91 Å². The molecule has 30 heavy (non-hydrogen) atoms. The van der Waals surface area contributed by atoms with Crippen molar-refractivity contribution in [2.45, 2.75) is 12.8 Å². The van der Waals surface area contributed by atoms with Crippen LogP contribution in [0.15, 0.2) is 66.0 Å². The molecular formula is C23H21ClN2O3S. The number of carbonyl (C=O) groups excluding carboxylic acids is 2. The predicted octanol–water partition coefficient (Wildman–Crippen LogP) is 5.68. The van der Waals surface area contributed by atoms with Gasteiger partial charge in [0.15, 0.2) is 5.75 Å². The van der Waals surface area contributed by atoms with Gasteiger partial charge in [0.05, 0.1) is 21.5 Å². The number of carbonyl (C=O) groups is 2. The molecule has 2 amide bonds. The largest absolute Gasteiger partial charge is 0.454 e. The van der Waals surface area contributed by atoms with E-state index in [1.807, 2.05) is 41.8 Å². The van der Waals surface area contributed by atoms with E-state index in [2.05, 4.69) is 5.32 Å². The zero-order chi connectivity index (χ0) is 20.9. The van der Waals surface area contributed by atoms with Crippen LogP contribution in [0.2, 0.25) is 5.02 Å². The average Bonchev–Trinajstić information content (AvgIpc) is 3.31. The summed E-state index contributed by atoms with van der Waals surface area (Å²) in [4.78, 5) is 28.1. The molecule has 0 bridgehead atoms. The Morgan fingerprint density at radius 3 is 2.57 bits per heavy atom. The van der Waals surface area contributed by atoms with E-state index in [1.165, 1.54) is 11.3 Å². The van der Waals surface area contributed by atoms with Crippen LogP contribution in [0.5, 0.6) is 11.5 Å². The Hall–Kier alpha value is -2.83. The van der Waals surface area contributed by atoms with Crippen LogP contribution >= 0.6 is 22.9 Å². The third-order valence-electron chi connectivity index (χ3n) is 5.01. The molecule has 0 spiro atoms. The molecule has 2 heterocycles. The minimum absolute atomic E-state index is 0.00930. The van der Waals surface area contributed by atoms with E-state index >= 15 is 0 Å². The molecule has 3 aromatic rings. The van der Waals surface area contributed by atoms with Crippen LogP contribution in [0.1, 0.15) is 22.5 Å². The normalized spacial score (nSPS) is 16.2. The van der Waals surface area contributed by atoms with E-state index in [9.17, 15) is 9.59 Å². The summed E-state index contributed by atoms with van der Waals surface area (Å²) in [5.41, 5.74) is 0.573. The lowest BCUT2D eigenvalue weighted by atomic mass is 9.96. The maximum absolute atomic E-state index is 13.0. The first-order valence-electron chi connectivity index (χ1n) is 9.77. The van der Waals surface area contributed by atoms with Crippen LogP contribution in [0.4, 0.5) is 5.69 Å². The number of thiophene rings is 1. The Kier molecular flexibility index (Phi) is 6.35. The fourth-order valence-corrected chi connectivity index (χ4v) is 4.34. The quantitative estimate of drug-likeness (QED) is 0.554. The second kappa shape index (κ2) is 9.32. The number of nitrogens with zero attached hydrogens (tertiary/aromatic N) is 1. The maximum atomic E-state index is 13.0. The van der Waals surface area contributed by atoms with Crippen LogP contribution in [0, 0.1) is 5.92 Å². The predicted molar refractivity (Wildman–Crippen MR) is 120 cm³/mol. The Balaban J connectivity index is 1.45. The van der Waals surface area contributed by atoms with Gasteiger partial charge in [-0.25, -0.2) is 0 Å². The number of benzene rings is 2. The minimum Gasteiger partial charge on any atom is -0.454 e. The highest BCUT2D eigenvalue weighted by molar-refractivity contribution is 7.12. The van der Waals surface area contributed by atoms with Crippen molar-refractivity contribution in [1.82, 2.24) is 4.90 Å². The zero-order valence-electron chi connectivity index (χ0n) is 16.2. The first-order valence-corrected chi connectivity index (χ1v) is 11.0. The lowest BCUT2D eigenvalue weighted by Gasteiger charge is -2.31. The summed E-state index contributed by atoms with van der Waals surface area (Å²) in [6.07, 6.45) is 1.54. The summed E-state index contributed by atoms with van der Waals surface area (Å²) in [5.74, 6) is 0.641. The molecule has 7 heteroatoms. The fraction of sp³-hybridized carbons (Fsp3) is 0.217. The van der Waals surface area contributed by atoms with Crippen molar-refractivity contribution in [3.63, 3.8) is 0 Å². The van der Waals surface area contributed by atoms with Crippen LogP contribution in [-0.4, -0.2) is 29.8 Å². The summed E-state index contributed by atoms with van der Waals surface area (Å²) in [6, 6.07) is 18.1. The molecular weight excluding hydrogens is 420 g/mol. The smallest absolute Gasteiger partial charge is 0.263 e. The molecule has 4 rings (SSSR count). The Morgan fingerprint density at radius 1 is 1.03 bits per heavy atom. The van der Waals surface area contributed by atoms with E-state index < -0.39 is 0 Å². The average molecular weight is 441 g/mol. The van der Waals surface area contributed by atoms with Crippen molar-refractivity contribution in [2.75, 3.05) is 18.4 Å². The highest BCUT2D eigenvalue weighted by Crippen LogP contribution is 2.34. The van der Waals surface area contributed by atoms with E-state index in [4.69, 9.17) is 16.3 Å². The number of likely N-dealkylation sites (tertiary alicyclic amines) is 1. The number of ether oxygens (including phenoxy) is 1. The number of amides is 2. The highest BCUT2D eigenvalue weighted by atomic mass is 35.5. The van der Waals surface area contributed by atoms with Gasteiger partial charge in [-0.15, -0.1) is 11.3 Å². The Labute approximate surface area is 184 Å². The lowest BCUT2D eigenvalue weighted by molar-refractivity contribution is -0.121. The molecule has 1 aliphatic rings. The number of para-hydroxylation sites is 3. The molecule has 1 aliphatic heterocycles. The van der Waals surface area contributed by atoms with E-state index in [-0.39, 0.29) is 17.7 Å². The number of hydrogen-bond donors (Lipinski definition) is 1. The highest BCUT2D eigenvalue weighted by Gasteiger charge is 2.29. The molecule has 1 aromatic heterocycles. The number of piperidine rings is 1. The third-order valence-corrected chi connectivity index (χ3v) is 6.18. The van der Waals surface area contributed by atoms with Crippen LogP contribution < -0.4 is 10.1 Å². The molecule has 5 nitrogen and oxygen atoms in total. The minimum atomic E-state index is -0.268. The molecule has 1 atom stereocenters. The molecule has 154 valence electrons. The van der Waals surface area contributed by atoms with E-state index in [0.717, 1.165) is 12.8 Å². The Morgan fingerprint density at radius 2 is 1.80 bits per heavy atom. The third kappa shape index (κ3) is 4.66. The summed E-state index contributed by atoms with van der Waals surface area (Å²) in [6.45, 7) is 1.09. The number of rotatable bonds is 5. The van der Waals surface area contributed by atoms with Gasteiger partial charge in [0.25, 0.3) is 5.91 Å². The molecule has 0 radical (unpaired) electrons. The van der Waals surface area contributed by atoms with Crippen molar-refractivity contribution in [2.24, 2.45) is 5.92 Å². The maximum Gasteiger partial charge on any atom is 0.263 e. The topological polar surface area (TPSA) is 58.6 Å². The van der Waals surface area contributed by atoms with Gasteiger partial charge >= 0.3 is 0 Å². The number of anilines is 1. The van der Waals surface area contributed by atoms with Crippen LogP contribution in [-0.2, 0) is 4.79 Å². The number of halogens is 1. The molecule has 1 N–H and O–H groups in total. The second-order valence-electron chi connectivity index (χ2n) is 7.09. The summed E-state index contributed by atoms with van der Waals surface area (Å²) >= 11 is 7.61. The first-order chi connectivity index (χ1) is 14.6.